The maximum Gasteiger partial charge on any atom is 0.145 e. The van der Waals surface area contributed by atoms with Gasteiger partial charge in [0.05, 0.1) is 0 Å². The maximum absolute atomic E-state index is 15.1. The van der Waals surface area contributed by atoms with Crippen molar-refractivity contribution in [2.45, 2.75) is 38.5 Å². The third kappa shape index (κ3) is 5.79. The Labute approximate surface area is 212 Å². The van der Waals surface area contributed by atoms with E-state index in [9.17, 15) is 17.6 Å². The van der Waals surface area contributed by atoms with Gasteiger partial charge in [-0.2, -0.15) is 0 Å². The third-order valence-electron chi connectivity index (χ3n) is 6.33. The number of aryl methyl sites for hydroxylation is 4. The van der Waals surface area contributed by atoms with E-state index in [4.69, 9.17) is 11.6 Å². The lowest BCUT2D eigenvalue weighted by atomic mass is 9.96. The number of rotatable bonds is 9. The summed E-state index contributed by atoms with van der Waals surface area (Å²) in [5.74, 6) is -3.22. The smallest absolute Gasteiger partial charge is 0.145 e. The van der Waals surface area contributed by atoms with Gasteiger partial charge in [-0.05, 0) is 90.4 Å². The molecule has 0 N–H and O–H groups in total. The number of fused-ring (bicyclic) bond motifs is 1. The zero-order valence-corrected chi connectivity index (χ0v) is 20.2. The van der Waals surface area contributed by atoms with E-state index in [0.717, 1.165) is 17.7 Å². The van der Waals surface area contributed by atoms with Crippen LogP contribution < -0.4 is 0 Å². The van der Waals surface area contributed by atoms with E-state index in [1.54, 1.807) is 36.4 Å². The minimum atomic E-state index is -0.846. The van der Waals surface area contributed by atoms with Crippen molar-refractivity contribution in [3.05, 3.63) is 129 Å². The molecule has 0 amide bonds. The Balaban J connectivity index is 1.47. The Morgan fingerprint density at radius 1 is 0.639 bits per heavy atom. The highest BCUT2D eigenvalue weighted by molar-refractivity contribution is 6.30. The predicted octanol–water partition coefficient (Wildman–Crippen LogP) is 8.88. The van der Waals surface area contributed by atoms with Crippen LogP contribution in [0.15, 0.2) is 67.3 Å². The second-order valence-corrected chi connectivity index (χ2v) is 9.21. The SMILES string of the molecule is C=CCCc1cc(F)c(CCc2ccc3c(F)c(CCc4cc(F)c(Cl)c(F)c4)ccc3c2)c(F)c1. The van der Waals surface area contributed by atoms with Crippen LogP contribution in [0, 0.1) is 29.1 Å². The first-order chi connectivity index (χ1) is 17.3. The molecule has 0 nitrogen and oxygen atoms in total. The molecule has 0 fully saturated rings. The van der Waals surface area contributed by atoms with Gasteiger partial charge in [-0.15, -0.1) is 6.58 Å². The normalized spacial score (nSPS) is 11.3. The Morgan fingerprint density at radius 3 is 1.92 bits per heavy atom. The summed E-state index contributed by atoms with van der Waals surface area (Å²) in [5, 5.41) is 0.518. The number of benzene rings is 4. The monoisotopic (exact) mass is 514 g/mol. The molecular weight excluding hydrogens is 491 g/mol. The van der Waals surface area contributed by atoms with Crippen molar-refractivity contribution in [1.29, 1.82) is 0 Å². The largest absolute Gasteiger partial charge is 0.207 e. The van der Waals surface area contributed by atoms with E-state index in [1.165, 1.54) is 12.1 Å². The van der Waals surface area contributed by atoms with Gasteiger partial charge in [0.1, 0.15) is 34.1 Å². The lowest BCUT2D eigenvalue weighted by Crippen LogP contribution is -2.01. The average Bonchev–Trinajstić information content (AvgIpc) is 2.85. The molecule has 0 heterocycles. The molecule has 0 bridgehead atoms. The van der Waals surface area contributed by atoms with E-state index in [1.807, 2.05) is 0 Å². The molecule has 0 radical (unpaired) electrons. The first-order valence-corrected chi connectivity index (χ1v) is 12.1. The van der Waals surface area contributed by atoms with Crippen molar-refractivity contribution in [2.24, 2.45) is 0 Å². The second-order valence-electron chi connectivity index (χ2n) is 8.83. The fraction of sp³-hybridized carbons (Fsp3) is 0.200. The van der Waals surface area contributed by atoms with Crippen molar-refractivity contribution >= 4 is 22.4 Å². The minimum absolute atomic E-state index is 0.0362. The molecule has 0 aliphatic rings. The van der Waals surface area contributed by atoms with Crippen LogP contribution in [-0.4, -0.2) is 0 Å². The Hall–Kier alpha value is -3.18. The first kappa shape index (κ1) is 25.9. The fourth-order valence-corrected chi connectivity index (χ4v) is 4.45. The van der Waals surface area contributed by atoms with Crippen LogP contribution in [0.3, 0.4) is 0 Å². The molecule has 0 aliphatic heterocycles. The summed E-state index contributed by atoms with van der Waals surface area (Å²) in [5.41, 5.74) is 2.27. The van der Waals surface area contributed by atoms with E-state index >= 15 is 4.39 Å². The Bertz CT molecular complexity index is 1380. The van der Waals surface area contributed by atoms with Gasteiger partial charge in [0.2, 0.25) is 0 Å². The van der Waals surface area contributed by atoms with Crippen LogP contribution in [0.1, 0.15) is 34.2 Å². The molecule has 4 rings (SSSR count). The maximum atomic E-state index is 15.1. The summed E-state index contributed by atoms with van der Waals surface area (Å²) in [6.07, 6.45) is 3.96. The molecule has 6 heteroatoms. The van der Waals surface area contributed by atoms with Gasteiger partial charge in [0.15, 0.2) is 0 Å². The molecule has 186 valence electrons. The molecule has 4 aromatic carbocycles. The summed E-state index contributed by atoms with van der Waals surface area (Å²) in [6, 6.07) is 13.7. The van der Waals surface area contributed by atoms with Crippen LogP contribution in [-0.2, 0) is 32.1 Å². The Kier molecular flexibility index (Phi) is 8.10. The van der Waals surface area contributed by atoms with Crippen molar-refractivity contribution in [3.8, 4) is 0 Å². The van der Waals surface area contributed by atoms with E-state index in [0.29, 0.717) is 46.7 Å². The van der Waals surface area contributed by atoms with Crippen LogP contribution in [0.25, 0.3) is 10.8 Å². The molecule has 0 saturated heterocycles. The number of hydrogen-bond donors (Lipinski definition) is 0. The lowest BCUT2D eigenvalue weighted by molar-refractivity contribution is 0.551. The molecule has 0 aromatic heterocycles. The van der Waals surface area contributed by atoms with Crippen LogP contribution >= 0.6 is 11.6 Å². The number of hydrogen-bond acceptors (Lipinski definition) is 0. The second kappa shape index (κ2) is 11.3. The van der Waals surface area contributed by atoms with Crippen molar-refractivity contribution in [3.63, 3.8) is 0 Å². The highest BCUT2D eigenvalue weighted by Crippen LogP contribution is 2.26. The zero-order valence-electron chi connectivity index (χ0n) is 19.5. The minimum Gasteiger partial charge on any atom is -0.207 e. The summed E-state index contributed by atoms with van der Waals surface area (Å²) in [4.78, 5) is 0. The van der Waals surface area contributed by atoms with Gasteiger partial charge in [0.25, 0.3) is 0 Å². The summed E-state index contributed by atoms with van der Waals surface area (Å²) < 4.78 is 71.5. The van der Waals surface area contributed by atoms with Crippen LogP contribution in [0.5, 0.6) is 0 Å². The van der Waals surface area contributed by atoms with Gasteiger partial charge < -0.3 is 0 Å². The van der Waals surface area contributed by atoms with E-state index in [2.05, 4.69) is 6.58 Å². The summed E-state index contributed by atoms with van der Waals surface area (Å²) in [6.45, 7) is 3.62. The van der Waals surface area contributed by atoms with Crippen molar-refractivity contribution in [2.75, 3.05) is 0 Å². The molecule has 0 saturated carbocycles. The zero-order chi connectivity index (χ0) is 25.8. The molecule has 0 aliphatic carbocycles. The first-order valence-electron chi connectivity index (χ1n) is 11.7. The van der Waals surface area contributed by atoms with Crippen LogP contribution in [0.2, 0.25) is 5.02 Å². The number of halogens is 6. The van der Waals surface area contributed by atoms with Crippen molar-refractivity contribution in [1.82, 2.24) is 0 Å². The summed E-state index contributed by atoms with van der Waals surface area (Å²) in [7, 11) is 0. The summed E-state index contributed by atoms with van der Waals surface area (Å²) >= 11 is 5.52. The molecule has 0 atom stereocenters. The third-order valence-corrected chi connectivity index (χ3v) is 6.69. The number of allylic oxidation sites excluding steroid dienone is 1. The Morgan fingerprint density at radius 2 is 1.25 bits per heavy atom. The molecule has 36 heavy (non-hydrogen) atoms. The van der Waals surface area contributed by atoms with Gasteiger partial charge in [-0.25, -0.2) is 22.0 Å². The van der Waals surface area contributed by atoms with E-state index < -0.39 is 34.1 Å². The van der Waals surface area contributed by atoms with Gasteiger partial charge in [-0.3, -0.25) is 0 Å². The van der Waals surface area contributed by atoms with Gasteiger partial charge in [0, 0.05) is 10.9 Å². The average molecular weight is 515 g/mol. The molecule has 0 spiro atoms. The lowest BCUT2D eigenvalue weighted by Gasteiger charge is -2.11. The van der Waals surface area contributed by atoms with Gasteiger partial charge >= 0.3 is 0 Å². The molecule has 4 aromatic rings. The van der Waals surface area contributed by atoms with Gasteiger partial charge in [-0.1, -0.05) is 48.0 Å². The quantitative estimate of drug-likeness (QED) is 0.119. The van der Waals surface area contributed by atoms with Crippen LogP contribution in [0.4, 0.5) is 22.0 Å². The molecular formula is C30H24ClF5. The van der Waals surface area contributed by atoms with E-state index in [-0.39, 0.29) is 24.8 Å². The predicted molar refractivity (Wildman–Crippen MR) is 135 cm³/mol. The van der Waals surface area contributed by atoms with Crippen molar-refractivity contribution < 1.29 is 22.0 Å². The standard InChI is InChI=1S/C30H24ClF5/c1-2-3-4-19-14-25(32)24(26(33)15-19)12-7-18-6-11-23-22(13-18)10-9-21(30(23)36)8-5-20-16-27(34)29(31)28(35)17-20/h2,6,9-11,13-17H,1,3-5,7-8,12H2. The highest BCUT2D eigenvalue weighted by Gasteiger charge is 2.14. The topological polar surface area (TPSA) is 0 Å². The highest BCUT2D eigenvalue weighted by atomic mass is 35.5. The fourth-order valence-electron chi connectivity index (χ4n) is 4.34. The molecule has 0 unspecified atom stereocenters.